The van der Waals surface area contributed by atoms with Gasteiger partial charge in [-0.3, -0.25) is 0 Å². The van der Waals surface area contributed by atoms with Crippen molar-refractivity contribution in [3.05, 3.63) is 65.2 Å². The fourth-order valence-electron chi connectivity index (χ4n) is 1.87. The Kier molecular flexibility index (Phi) is 4.18. The molecule has 0 saturated heterocycles. The standard InChI is InChI=1S/C16H16O3/c1-2-19-15-9-5-13(6-10-15)11-12-3-7-14(8-4-12)16(17)18/h3-10H,2,11H2,1H3,(H,17,18). The highest BCUT2D eigenvalue weighted by molar-refractivity contribution is 5.87. The first-order valence-corrected chi connectivity index (χ1v) is 6.23. The zero-order valence-electron chi connectivity index (χ0n) is 10.8. The average molecular weight is 256 g/mol. The van der Waals surface area contributed by atoms with E-state index < -0.39 is 5.97 Å². The molecule has 0 bridgehead atoms. The van der Waals surface area contributed by atoms with Crippen LogP contribution in [-0.2, 0) is 6.42 Å². The van der Waals surface area contributed by atoms with Gasteiger partial charge in [-0.1, -0.05) is 24.3 Å². The van der Waals surface area contributed by atoms with Crippen LogP contribution in [0, 0.1) is 0 Å². The third kappa shape index (κ3) is 3.58. The Bertz CT molecular complexity index is 541. The lowest BCUT2D eigenvalue weighted by Crippen LogP contribution is -1.96. The monoisotopic (exact) mass is 256 g/mol. The van der Waals surface area contributed by atoms with Crippen LogP contribution in [0.1, 0.15) is 28.4 Å². The number of aromatic carboxylic acids is 1. The van der Waals surface area contributed by atoms with Crippen molar-refractivity contribution in [2.45, 2.75) is 13.3 Å². The Morgan fingerprint density at radius 3 is 2.00 bits per heavy atom. The maximum Gasteiger partial charge on any atom is 0.335 e. The summed E-state index contributed by atoms with van der Waals surface area (Å²) in [5.74, 6) is -0.0277. The van der Waals surface area contributed by atoms with E-state index in [1.807, 2.05) is 43.3 Å². The maximum absolute atomic E-state index is 10.8. The van der Waals surface area contributed by atoms with Crippen LogP contribution in [0.5, 0.6) is 5.75 Å². The molecule has 19 heavy (non-hydrogen) atoms. The molecule has 2 aromatic carbocycles. The van der Waals surface area contributed by atoms with Gasteiger partial charge in [-0.2, -0.15) is 0 Å². The molecule has 98 valence electrons. The summed E-state index contributed by atoms with van der Waals surface area (Å²) in [6.45, 7) is 2.62. The second kappa shape index (κ2) is 6.05. The molecule has 0 atom stereocenters. The number of rotatable bonds is 5. The Balaban J connectivity index is 2.06. The van der Waals surface area contributed by atoms with Gasteiger partial charge >= 0.3 is 5.97 Å². The summed E-state index contributed by atoms with van der Waals surface area (Å²) in [4.78, 5) is 10.8. The smallest absolute Gasteiger partial charge is 0.335 e. The van der Waals surface area contributed by atoms with Crippen LogP contribution in [0.15, 0.2) is 48.5 Å². The van der Waals surface area contributed by atoms with Crippen LogP contribution in [-0.4, -0.2) is 17.7 Å². The Labute approximate surface area is 112 Å². The van der Waals surface area contributed by atoms with E-state index in [9.17, 15) is 4.79 Å². The van der Waals surface area contributed by atoms with Gasteiger partial charge in [0.1, 0.15) is 5.75 Å². The lowest BCUT2D eigenvalue weighted by Gasteiger charge is -2.05. The molecule has 0 aliphatic carbocycles. The number of ether oxygens (including phenoxy) is 1. The van der Waals surface area contributed by atoms with E-state index in [-0.39, 0.29) is 0 Å². The Hall–Kier alpha value is -2.29. The van der Waals surface area contributed by atoms with E-state index in [2.05, 4.69) is 0 Å². The fourth-order valence-corrected chi connectivity index (χ4v) is 1.87. The van der Waals surface area contributed by atoms with Crippen LogP contribution < -0.4 is 4.74 Å². The van der Waals surface area contributed by atoms with Crippen LogP contribution in [0.2, 0.25) is 0 Å². The zero-order valence-corrected chi connectivity index (χ0v) is 10.8. The highest BCUT2D eigenvalue weighted by Crippen LogP contribution is 2.15. The number of benzene rings is 2. The van der Waals surface area contributed by atoms with Crippen molar-refractivity contribution in [1.29, 1.82) is 0 Å². The lowest BCUT2D eigenvalue weighted by atomic mass is 10.0. The molecular weight excluding hydrogens is 240 g/mol. The first kappa shape index (κ1) is 13.1. The molecule has 0 aliphatic rings. The van der Waals surface area contributed by atoms with Gasteiger partial charge < -0.3 is 9.84 Å². The van der Waals surface area contributed by atoms with Crippen molar-refractivity contribution in [2.24, 2.45) is 0 Å². The number of hydrogen-bond donors (Lipinski definition) is 1. The molecule has 3 heteroatoms. The molecule has 0 aromatic heterocycles. The molecule has 0 saturated carbocycles. The van der Waals surface area contributed by atoms with Crippen LogP contribution in [0.4, 0.5) is 0 Å². The normalized spacial score (nSPS) is 10.2. The number of carboxylic acids is 1. The predicted molar refractivity (Wildman–Crippen MR) is 73.8 cm³/mol. The minimum atomic E-state index is -0.896. The first-order valence-electron chi connectivity index (χ1n) is 6.23. The van der Waals surface area contributed by atoms with Crippen molar-refractivity contribution in [2.75, 3.05) is 6.61 Å². The van der Waals surface area contributed by atoms with Gasteiger partial charge in [0.25, 0.3) is 0 Å². The molecule has 0 fully saturated rings. The Morgan fingerprint density at radius 1 is 1.00 bits per heavy atom. The van der Waals surface area contributed by atoms with Crippen molar-refractivity contribution >= 4 is 5.97 Å². The Morgan fingerprint density at radius 2 is 1.53 bits per heavy atom. The maximum atomic E-state index is 10.8. The summed E-state index contributed by atoms with van der Waals surface area (Å²) in [5, 5.41) is 8.83. The van der Waals surface area contributed by atoms with Gasteiger partial charge in [-0.25, -0.2) is 4.79 Å². The number of carbonyl (C=O) groups is 1. The second-order valence-corrected chi connectivity index (χ2v) is 4.26. The summed E-state index contributed by atoms with van der Waals surface area (Å²) < 4.78 is 5.39. The lowest BCUT2D eigenvalue weighted by molar-refractivity contribution is 0.0697. The molecule has 0 spiro atoms. The topological polar surface area (TPSA) is 46.5 Å². The molecule has 3 nitrogen and oxygen atoms in total. The summed E-state index contributed by atoms with van der Waals surface area (Å²) >= 11 is 0. The molecule has 0 amide bonds. The molecule has 0 unspecified atom stereocenters. The second-order valence-electron chi connectivity index (χ2n) is 4.26. The summed E-state index contributed by atoms with van der Waals surface area (Å²) in [7, 11) is 0. The first-order chi connectivity index (χ1) is 9.19. The highest BCUT2D eigenvalue weighted by atomic mass is 16.5. The van der Waals surface area contributed by atoms with Gasteiger partial charge in [0, 0.05) is 0 Å². The third-order valence-corrected chi connectivity index (χ3v) is 2.84. The van der Waals surface area contributed by atoms with Gasteiger partial charge in [0.15, 0.2) is 0 Å². The van der Waals surface area contributed by atoms with E-state index in [0.717, 1.165) is 17.7 Å². The zero-order chi connectivity index (χ0) is 13.7. The van der Waals surface area contributed by atoms with Gasteiger partial charge in [-0.15, -0.1) is 0 Å². The van der Waals surface area contributed by atoms with Crippen molar-refractivity contribution in [1.82, 2.24) is 0 Å². The van der Waals surface area contributed by atoms with E-state index >= 15 is 0 Å². The van der Waals surface area contributed by atoms with Gasteiger partial charge in [0.2, 0.25) is 0 Å². The van der Waals surface area contributed by atoms with Gasteiger partial charge in [-0.05, 0) is 48.7 Å². The molecule has 1 N–H and O–H groups in total. The van der Waals surface area contributed by atoms with Crippen LogP contribution in [0.3, 0.4) is 0 Å². The van der Waals surface area contributed by atoms with Gasteiger partial charge in [0.05, 0.1) is 12.2 Å². The molecule has 2 aromatic rings. The van der Waals surface area contributed by atoms with Crippen molar-refractivity contribution < 1.29 is 14.6 Å². The number of hydrogen-bond acceptors (Lipinski definition) is 2. The predicted octanol–water partition coefficient (Wildman–Crippen LogP) is 3.37. The minimum absolute atomic E-state index is 0.315. The van der Waals surface area contributed by atoms with E-state index in [4.69, 9.17) is 9.84 Å². The SMILES string of the molecule is CCOc1ccc(Cc2ccc(C(=O)O)cc2)cc1. The van der Waals surface area contributed by atoms with E-state index in [0.29, 0.717) is 12.2 Å². The van der Waals surface area contributed by atoms with E-state index in [1.165, 1.54) is 5.56 Å². The molecule has 2 rings (SSSR count). The van der Waals surface area contributed by atoms with Crippen molar-refractivity contribution in [3.8, 4) is 5.75 Å². The van der Waals surface area contributed by atoms with Crippen molar-refractivity contribution in [3.63, 3.8) is 0 Å². The van der Waals surface area contributed by atoms with Crippen LogP contribution in [0.25, 0.3) is 0 Å². The molecule has 0 radical (unpaired) electrons. The summed E-state index contributed by atoms with van der Waals surface area (Å²) in [6.07, 6.45) is 0.784. The minimum Gasteiger partial charge on any atom is -0.494 e. The highest BCUT2D eigenvalue weighted by Gasteiger charge is 2.02. The summed E-state index contributed by atoms with van der Waals surface area (Å²) in [5.41, 5.74) is 2.58. The quantitative estimate of drug-likeness (QED) is 0.892. The molecular formula is C16H16O3. The molecule has 0 aliphatic heterocycles. The summed E-state index contributed by atoms with van der Waals surface area (Å²) in [6, 6.07) is 14.9. The van der Waals surface area contributed by atoms with Crippen LogP contribution >= 0.6 is 0 Å². The average Bonchev–Trinajstić information content (AvgIpc) is 2.42. The third-order valence-electron chi connectivity index (χ3n) is 2.84. The number of carboxylic acid groups (broad SMARTS) is 1. The fraction of sp³-hybridized carbons (Fsp3) is 0.188. The molecule has 0 heterocycles. The largest absolute Gasteiger partial charge is 0.494 e. The van der Waals surface area contributed by atoms with E-state index in [1.54, 1.807) is 12.1 Å².